The van der Waals surface area contributed by atoms with Crippen molar-refractivity contribution in [2.24, 2.45) is 0 Å². The van der Waals surface area contributed by atoms with E-state index in [0.717, 1.165) is 10.9 Å². The number of nitrogens with one attached hydrogen (secondary N) is 1. The molecule has 0 fully saturated rings. The third-order valence-electron chi connectivity index (χ3n) is 3.30. The monoisotopic (exact) mass is 298 g/mol. The van der Waals surface area contributed by atoms with Crippen LogP contribution in [0.15, 0.2) is 49.2 Å². The van der Waals surface area contributed by atoms with Crippen LogP contribution in [0.2, 0.25) is 0 Å². The number of nitrogens with zero attached hydrogens (tertiary/aromatic N) is 1. The molecule has 1 aromatic heterocycles. The molecule has 2 aromatic rings. The quantitative estimate of drug-likeness (QED) is 0.657. The molecule has 22 heavy (non-hydrogen) atoms. The Bertz CT molecular complexity index is 697. The molecule has 0 bridgehead atoms. The molecule has 0 radical (unpaired) electrons. The number of benzene rings is 1. The number of ether oxygens (including phenoxy) is 1. The van der Waals surface area contributed by atoms with Crippen LogP contribution in [-0.2, 0) is 9.53 Å². The SMILES string of the molecule is C=CCC[C@H](NC(=O)c1cnc2ccccc2c1)C(=O)OC. The van der Waals surface area contributed by atoms with Crippen LogP contribution in [0.25, 0.3) is 10.9 Å². The molecule has 1 aromatic carbocycles. The Morgan fingerprint density at radius 1 is 1.41 bits per heavy atom. The number of allylic oxidation sites excluding steroid dienone is 1. The smallest absolute Gasteiger partial charge is 0.328 e. The summed E-state index contributed by atoms with van der Waals surface area (Å²) >= 11 is 0. The third kappa shape index (κ3) is 3.69. The Kier molecular flexibility index (Phi) is 5.25. The zero-order chi connectivity index (χ0) is 15.9. The molecule has 0 aliphatic rings. The first-order valence-corrected chi connectivity index (χ1v) is 7.00. The lowest BCUT2D eigenvalue weighted by molar-refractivity contribution is -0.143. The van der Waals surface area contributed by atoms with Crippen LogP contribution in [-0.4, -0.2) is 30.0 Å². The minimum atomic E-state index is -0.693. The van der Waals surface area contributed by atoms with Crippen LogP contribution in [0.3, 0.4) is 0 Å². The van der Waals surface area contributed by atoms with Crippen molar-refractivity contribution in [3.05, 3.63) is 54.7 Å². The highest BCUT2D eigenvalue weighted by molar-refractivity contribution is 5.99. The van der Waals surface area contributed by atoms with Crippen molar-refractivity contribution in [1.29, 1.82) is 0 Å². The van der Waals surface area contributed by atoms with Crippen LogP contribution in [0.1, 0.15) is 23.2 Å². The number of aromatic nitrogens is 1. The van der Waals surface area contributed by atoms with E-state index < -0.39 is 12.0 Å². The van der Waals surface area contributed by atoms with Gasteiger partial charge in [0.25, 0.3) is 5.91 Å². The predicted molar refractivity (Wildman–Crippen MR) is 84.4 cm³/mol. The fraction of sp³-hybridized carbons (Fsp3) is 0.235. The van der Waals surface area contributed by atoms with E-state index in [2.05, 4.69) is 16.9 Å². The second kappa shape index (κ2) is 7.36. The first-order valence-electron chi connectivity index (χ1n) is 7.00. The zero-order valence-corrected chi connectivity index (χ0v) is 12.4. The average Bonchev–Trinajstić information content (AvgIpc) is 2.57. The minimum absolute atomic E-state index is 0.349. The second-order valence-electron chi connectivity index (χ2n) is 4.83. The van der Waals surface area contributed by atoms with Gasteiger partial charge in [-0.05, 0) is 25.0 Å². The average molecular weight is 298 g/mol. The van der Waals surface area contributed by atoms with Gasteiger partial charge in [0.1, 0.15) is 6.04 Å². The van der Waals surface area contributed by atoms with Crippen LogP contribution in [0.5, 0.6) is 0 Å². The number of methoxy groups -OCH3 is 1. The van der Waals surface area contributed by atoms with Gasteiger partial charge in [0, 0.05) is 11.6 Å². The van der Waals surface area contributed by atoms with Gasteiger partial charge in [-0.15, -0.1) is 6.58 Å². The van der Waals surface area contributed by atoms with Gasteiger partial charge in [-0.1, -0.05) is 24.3 Å². The van der Waals surface area contributed by atoms with Crippen LogP contribution in [0, 0.1) is 0 Å². The summed E-state index contributed by atoms with van der Waals surface area (Å²) < 4.78 is 4.71. The molecule has 0 saturated heterocycles. The lowest BCUT2D eigenvalue weighted by Crippen LogP contribution is -2.41. The first-order chi connectivity index (χ1) is 10.7. The zero-order valence-electron chi connectivity index (χ0n) is 12.4. The molecule has 1 heterocycles. The van der Waals surface area contributed by atoms with E-state index in [1.165, 1.54) is 13.3 Å². The number of carbonyl (C=O) groups excluding carboxylic acids is 2. The van der Waals surface area contributed by atoms with Gasteiger partial charge in [0.05, 0.1) is 18.2 Å². The molecule has 1 N–H and O–H groups in total. The van der Waals surface area contributed by atoms with E-state index in [1.54, 1.807) is 12.1 Å². The van der Waals surface area contributed by atoms with Crippen LogP contribution < -0.4 is 5.32 Å². The molecular formula is C17H18N2O3. The number of pyridine rings is 1. The lowest BCUT2D eigenvalue weighted by Gasteiger charge is -2.15. The molecule has 0 unspecified atom stereocenters. The van der Waals surface area contributed by atoms with Crippen LogP contribution >= 0.6 is 0 Å². The summed E-state index contributed by atoms with van der Waals surface area (Å²) in [6, 6.07) is 8.58. The number of amides is 1. The molecule has 2 rings (SSSR count). The summed E-state index contributed by atoms with van der Waals surface area (Å²) in [7, 11) is 1.30. The van der Waals surface area contributed by atoms with Crippen molar-refractivity contribution in [3.63, 3.8) is 0 Å². The molecule has 0 aliphatic carbocycles. The van der Waals surface area contributed by atoms with E-state index in [9.17, 15) is 9.59 Å². The number of carbonyl (C=O) groups is 2. The Hall–Kier alpha value is -2.69. The second-order valence-corrected chi connectivity index (χ2v) is 4.83. The highest BCUT2D eigenvalue weighted by atomic mass is 16.5. The number of hydrogen-bond acceptors (Lipinski definition) is 4. The van der Waals surface area contributed by atoms with E-state index in [4.69, 9.17) is 4.74 Å². The van der Waals surface area contributed by atoms with Gasteiger partial charge < -0.3 is 10.1 Å². The summed E-state index contributed by atoms with van der Waals surface area (Å²) in [5, 5.41) is 3.55. The number of rotatable bonds is 6. The largest absolute Gasteiger partial charge is 0.467 e. The number of para-hydroxylation sites is 1. The molecular weight excluding hydrogens is 280 g/mol. The van der Waals surface area contributed by atoms with Crippen molar-refractivity contribution in [3.8, 4) is 0 Å². The minimum Gasteiger partial charge on any atom is -0.467 e. The van der Waals surface area contributed by atoms with Crippen LogP contribution in [0.4, 0.5) is 0 Å². The number of hydrogen-bond donors (Lipinski definition) is 1. The number of fused-ring (bicyclic) bond motifs is 1. The van der Waals surface area contributed by atoms with Crippen molar-refractivity contribution in [2.75, 3.05) is 7.11 Å². The van der Waals surface area contributed by atoms with E-state index >= 15 is 0 Å². The molecule has 5 nitrogen and oxygen atoms in total. The van der Waals surface area contributed by atoms with Crippen molar-refractivity contribution < 1.29 is 14.3 Å². The Balaban J connectivity index is 2.16. The van der Waals surface area contributed by atoms with Crippen molar-refractivity contribution >= 4 is 22.8 Å². The van der Waals surface area contributed by atoms with Gasteiger partial charge in [-0.3, -0.25) is 9.78 Å². The molecule has 5 heteroatoms. The predicted octanol–water partition coefficient (Wildman–Crippen LogP) is 2.47. The van der Waals surface area contributed by atoms with Gasteiger partial charge in [0.15, 0.2) is 0 Å². The van der Waals surface area contributed by atoms with Crippen molar-refractivity contribution in [2.45, 2.75) is 18.9 Å². The molecule has 0 aliphatic heterocycles. The summed E-state index contributed by atoms with van der Waals surface area (Å²) in [5.74, 6) is -0.818. The summed E-state index contributed by atoms with van der Waals surface area (Å²) in [6.07, 6.45) is 4.25. The molecule has 0 saturated carbocycles. The topological polar surface area (TPSA) is 68.3 Å². The van der Waals surface area contributed by atoms with E-state index in [0.29, 0.717) is 18.4 Å². The molecule has 1 amide bonds. The maximum absolute atomic E-state index is 12.3. The molecule has 1 atom stereocenters. The highest BCUT2D eigenvalue weighted by Gasteiger charge is 2.21. The lowest BCUT2D eigenvalue weighted by atomic mass is 10.1. The summed E-state index contributed by atoms with van der Waals surface area (Å²) in [5.41, 5.74) is 1.22. The third-order valence-corrected chi connectivity index (χ3v) is 3.30. The standard InChI is InChI=1S/C17H18N2O3/c1-3-4-8-15(17(21)22-2)19-16(20)13-10-12-7-5-6-9-14(12)18-11-13/h3,5-7,9-11,15H,1,4,8H2,2H3,(H,19,20)/t15-/m0/s1. The Morgan fingerprint density at radius 2 is 2.18 bits per heavy atom. The summed E-state index contributed by atoms with van der Waals surface area (Å²) in [6.45, 7) is 3.61. The van der Waals surface area contributed by atoms with Gasteiger partial charge in [-0.25, -0.2) is 4.79 Å². The van der Waals surface area contributed by atoms with Crippen molar-refractivity contribution in [1.82, 2.24) is 10.3 Å². The van der Waals surface area contributed by atoms with Gasteiger partial charge >= 0.3 is 5.97 Å². The number of esters is 1. The summed E-state index contributed by atoms with van der Waals surface area (Å²) in [4.78, 5) is 28.3. The molecule has 114 valence electrons. The first kappa shape index (κ1) is 15.7. The Labute approximate surface area is 129 Å². The maximum Gasteiger partial charge on any atom is 0.328 e. The van der Waals surface area contributed by atoms with E-state index in [-0.39, 0.29) is 5.91 Å². The fourth-order valence-corrected chi connectivity index (χ4v) is 2.11. The normalized spacial score (nSPS) is 11.7. The van der Waals surface area contributed by atoms with Gasteiger partial charge in [0.2, 0.25) is 0 Å². The van der Waals surface area contributed by atoms with E-state index in [1.807, 2.05) is 24.3 Å². The Morgan fingerprint density at radius 3 is 2.91 bits per heavy atom. The highest BCUT2D eigenvalue weighted by Crippen LogP contribution is 2.13. The van der Waals surface area contributed by atoms with Gasteiger partial charge in [-0.2, -0.15) is 0 Å². The molecule has 0 spiro atoms. The maximum atomic E-state index is 12.3. The fourth-order valence-electron chi connectivity index (χ4n) is 2.11.